The molecule has 23 heavy (non-hydrogen) atoms. The van der Waals surface area contributed by atoms with Gasteiger partial charge in [-0.15, -0.1) is 0 Å². The summed E-state index contributed by atoms with van der Waals surface area (Å²) in [6.07, 6.45) is 0. The molecular weight excluding hydrogens is 310 g/mol. The van der Waals surface area contributed by atoms with Crippen LogP contribution in [0.25, 0.3) is 22.4 Å². The van der Waals surface area contributed by atoms with Gasteiger partial charge in [0.2, 0.25) is 5.91 Å². The quantitative estimate of drug-likeness (QED) is 0.770. The Bertz CT molecular complexity index is 840. The first-order chi connectivity index (χ1) is 11.1. The van der Waals surface area contributed by atoms with Crippen LogP contribution >= 0.6 is 11.8 Å². The maximum atomic E-state index is 12.0. The van der Waals surface area contributed by atoms with Crippen LogP contribution in [0.4, 0.5) is 5.69 Å². The number of benzene rings is 2. The predicted molar refractivity (Wildman–Crippen MR) is 93.3 cm³/mol. The normalized spacial score (nSPS) is 10.7. The number of H-pyrrole nitrogens is 1. The minimum absolute atomic E-state index is 0.0780. The highest BCUT2D eigenvalue weighted by molar-refractivity contribution is 8.14. The van der Waals surface area contributed by atoms with Crippen molar-refractivity contribution < 1.29 is 9.59 Å². The van der Waals surface area contributed by atoms with Gasteiger partial charge in [0, 0.05) is 12.5 Å². The Kier molecular flexibility index (Phi) is 4.43. The van der Waals surface area contributed by atoms with Crippen molar-refractivity contribution in [3.05, 3.63) is 48.5 Å². The summed E-state index contributed by atoms with van der Waals surface area (Å²) in [4.78, 5) is 30.7. The first-order valence-electron chi connectivity index (χ1n) is 7.11. The summed E-state index contributed by atoms with van der Waals surface area (Å²) < 4.78 is 0. The van der Waals surface area contributed by atoms with Crippen LogP contribution in [0.15, 0.2) is 48.5 Å². The fraction of sp³-hybridized carbons (Fsp3) is 0.118. The number of aromatic nitrogens is 2. The summed E-state index contributed by atoms with van der Waals surface area (Å²) in [5.74, 6) is 0.583. The number of carbonyl (C=O) groups excluding carboxylic acids is 2. The predicted octanol–water partition coefficient (Wildman–Crippen LogP) is 3.45. The Morgan fingerprint density at radius 3 is 2.65 bits per heavy atom. The van der Waals surface area contributed by atoms with Gasteiger partial charge in [-0.2, -0.15) is 0 Å². The number of rotatable bonds is 4. The molecule has 0 spiro atoms. The molecule has 0 aliphatic heterocycles. The third-order valence-electron chi connectivity index (χ3n) is 3.25. The molecule has 1 amide bonds. The van der Waals surface area contributed by atoms with Crippen LogP contribution in [0, 0.1) is 0 Å². The second-order valence-corrected chi connectivity index (χ2v) is 6.13. The number of carbonyl (C=O) groups is 2. The first kappa shape index (κ1) is 15.3. The molecule has 0 aliphatic rings. The molecule has 0 unspecified atom stereocenters. The largest absolute Gasteiger partial charge is 0.338 e. The third kappa shape index (κ3) is 3.60. The number of amides is 1. The number of aromatic amines is 1. The summed E-state index contributed by atoms with van der Waals surface area (Å²) in [6, 6.07) is 15.2. The van der Waals surface area contributed by atoms with E-state index in [9.17, 15) is 9.59 Å². The van der Waals surface area contributed by atoms with Gasteiger partial charge in [0.25, 0.3) is 0 Å². The van der Waals surface area contributed by atoms with Crippen LogP contribution < -0.4 is 5.32 Å². The summed E-state index contributed by atoms with van der Waals surface area (Å²) >= 11 is 0.990. The van der Waals surface area contributed by atoms with Gasteiger partial charge in [0.05, 0.1) is 22.5 Å². The Labute approximate surface area is 137 Å². The second-order valence-electron chi connectivity index (χ2n) is 4.98. The lowest BCUT2D eigenvalue weighted by Crippen LogP contribution is -2.15. The number of nitrogens with zero attached hydrogens (tertiary/aromatic N) is 1. The number of nitrogens with one attached hydrogen (secondary N) is 2. The molecule has 3 aromatic rings. The molecule has 1 heterocycles. The highest BCUT2D eigenvalue weighted by Gasteiger charge is 2.12. The van der Waals surface area contributed by atoms with E-state index < -0.39 is 0 Å². The summed E-state index contributed by atoms with van der Waals surface area (Å²) in [5, 5.41) is 2.76. The van der Waals surface area contributed by atoms with E-state index in [1.54, 1.807) is 0 Å². The molecule has 5 nitrogen and oxygen atoms in total. The highest BCUT2D eigenvalue weighted by atomic mass is 32.2. The molecule has 6 heteroatoms. The van der Waals surface area contributed by atoms with Crippen LogP contribution in [0.3, 0.4) is 0 Å². The lowest BCUT2D eigenvalue weighted by atomic mass is 10.1. The maximum Gasteiger partial charge on any atom is 0.234 e. The van der Waals surface area contributed by atoms with E-state index in [4.69, 9.17) is 0 Å². The van der Waals surface area contributed by atoms with Crippen molar-refractivity contribution in [1.82, 2.24) is 9.97 Å². The van der Waals surface area contributed by atoms with E-state index in [1.165, 1.54) is 6.92 Å². The van der Waals surface area contributed by atoms with Gasteiger partial charge in [-0.25, -0.2) is 4.98 Å². The standard InChI is InChI=1S/C17H15N3O2S/c1-11(21)23-10-16(22)18-13-7-3-2-6-12(13)17-19-14-8-4-5-9-15(14)20-17/h2-9H,10H2,1H3,(H,18,22)(H,19,20). The van der Waals surface area contributed by atoms with Gasteiger partial charge in [0.1, 0.15) is 5.82 Å². The van der Waals surface area contributed by atoms with Gasteiger partial charge in [-0.1, -0.05) is 36.0 Å². The van der Waals surface area contributed by atoms with Gasteiger partial charge in [-0.3, -0.25) is 9.59 Å². The Balaban J connectivity index is 1.88. The van der Waals surface area contributed by atoms with Crippen LogP contribution in [0.2, 0.25) is 0 Å². The van der Waals surface area contributed by atoms with E-state index in [1.807, 2.05) is 48.5 Å². The highest BCUT2D eigenvalue weighted by Crippen LogP contribution is 2.27. The van der Waals surface area contributed by atoms with Gasteiger partial charge >= 0.3 is 0 Å². The first-order valence-corrected chi connectivity index (χ1v) is 8.09. The SMILES string of the molecule is CC(=O)SCC(=O)Nc1ccccc1-c1nc2ccccc2[nH]1. The van der Waals surface area contributed by atoms with Crippen LogP contribution in [-0.4, -0.2) is 26.7 Å². The van der Waals surface area contributed by atoms with Crippen LogP contribution in [0.5, 0.6) is 0 Å². The van der Waals surface area contributed by atoms with Crippen LogP contribution in [-0.2, 0) is 9.59 Å². The van der Waals surface area contributed by atoms with Crippen molar-refractivity contribution in [1.29, 1.82) is 0 Å². The molecule has 0 atom stereocenters. The number of hydrogen-bond donors (Lipinski definition) is 2. The fourth-order valence-corrected chi connectivity index (χ4v) is 2.64. The molecular formula is C17H15N3O2S. The molecule has 2 aromatic carbocycles. The average Bonchev–Trinajstić information content (AvgIpc) is 2.97. The zero-order chi connectivity index (χ0) is 16.2. The zero-order valence-electron chi connectivity index (χ0n) is 12.5. The topological polar surface area (TPSA) is 74.8 Å². The van der Waals surface area contributed by atoms with Crippen molar-refractivity contribution in [2.45, 2.75) is 6.92 Å². The lowest BCUT2D eigenvalue weighted by Gasteiger charge is -2.08. The fourth-order valence-electron chi connectivity index (χ4n) is 2.23. The van der Waals surface area contributed by atoms with Crippen molar-refractivity contribution in [3.63, 3.8) is 0 Å². The summed E-state index contributed by atoms with van der Waals surface area (Å²) in [7, 11) is 0. The molecule has 1 aromatic heterocycles. The monoisotopic (exact) mass is 325 g/mol. The number of anilines is 1. The second kappa shape index (κ2) is 6.66. The Hall–Kier alpha value is -2.60. The van der Waals surface area contributed by atoms with E-state index >= 15 is 0 Å². The summed E-state index contributed by atoms with van der Waals surface area (Å²) in [5.41, 5.74) is 3.29. The minimum atomic E-state index is -0.214. The van der Waals surface area contributed by atoms with E-state index in [2.05, 4.69) is 15.3 Å². The van der Waals surface area contributed by atoms with Crippen molar-refractivity contribution in [2.75, 3.05) is 11.1 Å². The van der Waals surface area contributed by atoms with Gasteiger partial charge in [-0.05, 0) is 24.3 Å². The molecule has 0 fully saturated rings. The summed E-state index contributed by atoms with van der Waals surface area (Å²) in [6.45, 7) is 1.44. The third-order valence-corrected chi connectivity index (χ3v) is 4.07. The molecule has 2 N–H and O–H groups in total. The van der Waals surface area contributed by atoms with Crippen molar-refractivity contribution in [3.8, 4) is 11.4 Å². The van der Waals surface area contributed by atoms with Gasteiger partial charge < -0.3 is 10.3 Å². The van der Waals surface area contributed by atoms with Crippen molar-refractivity contribution >= 4 is 39.5 Å². The smallest absolute Gasteiger partial charge is 0.234 e. The van der Waals surface area contributed by atoms with E-state index in [0.29, 0.717) is 11.5 Å². The number of thioether (sulfide) groups is 1. The number of para-hydroxylation sites is 3. The van der Waals surface area contributed by atoms with Crippen molar-refractivity contribution in [2.24, 2.45) is 0 Å². The molecule has 0 saturated carbocycles. The zero-order valence-corrected chi connectivity index (χ0v) is 13.3. The molecule has 0 bridgehead atoms. The maximum absolute atomic E-state index is 12.0. The minimum Gasteiger partial charge on any atom is -0.338 e. The van der Waals surface area contributed by atoms with E-state index in [0.717, 1.165) is 28.4 Å². The molecule has 116 valence electrons. The van der Waals surface area contributed by atoms with Gasteiger partial charge in [0.15, 0.2) is 5.12 Å². The van der Waals surface area contributed by atoms with Crippen LogP contribution in [0.1, 0.15) is 6.92 Å². The molecule has 0 aliphatic carbocycles. The average molecular weight is 325 g/mol. The van der Waals surface area contributed by atoms with E-state index in [-0.39, 0.29) is 16.8 Å². The molecule has 0 saturated heterocycles. The molecule has 0 radical (unpaired) electrons. The lowest BCUT2D eigenvalue weighted by molar-refractivity contribution is -0.114. The Morgan fingerprint density at radius 2 is 1.87 bits per heavy atom. The molecule has 3 rings (SSSR count). The Morgan fingerprint density at radius 1 is 1.13 bits per heavy atom. The number of hydrogen-bond acceptors (Lipinski definition) is 4. The number of fused-ring (bicyclic) bond motifs is 1. The number of imidazole rings is 1.